The predicted octanol–water partition coefficient (Wildman–Crippen LogP) is 3.16. The second-order valence-electron chi connectivity index (χ2n) is 6.28. The lowest BCUT2D eigenvalue weighted by Gasteiger charge is -2.41. The molecule has 3 nitrogen and oxygen atoms in total. The van der Waals surface area contributed by atoms with Gasteiger partial charge in [0.15, 0.2) is 0 Å². The van der Waals surface area contributed by atoms with Gasteiger partial charge in [0.25, 0.3) is 0 Å². The molecule has 2 atom stereocenters. The standard InChI is InChI=1S/C17H26N2O/c18-16-7-3-4-8-17(16)20-12-11-19-10-9-14-5-1-2-6-15(14)13-19/h3-4,7-8,14-15H,1-2,5-6,9-13,18H2. The monoisotopic (exact) mass is 274 g/mol. The minimum Gasteiger partial charge on any atom is -0.490 e. The summed E-state index contributed by atoms with van der Waals surface area (Å²) in [6, 6.07) is 7.75. The van der Waals surface area contributed by atoms with Crippen LogP contribution in [0.3, 0.4) is 0 Å². The number of ether oxygens (including phenoxy) is 1. The number of fused-ring (bicyclic) bond motifs is 1. The number of nitrogens with zero attached hydrogens (tertiary/aromatic N) is 1. The Kier molecular flexibility index (Phi) is 4.46. The van der Waals surface area contributed by atoms with Crippen molar-refractivity contribution in [3.8, 4) is 5.75 Å². The van der Waals surface area contributed by atoms with E-state index in [9.17, 15) is 0 Å². The number of hydrogen-bond donors (Lipinski definition) is 1. The smallest absolute Gasteiger partial charge is 0.142 e. The van der Waals surface area contributed by atoms with Crippen molar-refractivity contribution < 1.29 is 4.74 Å². The van der Waals surface area contributed by atoms with E-state index in [1.54, 1.807) is 0 Å². The van der Waals surface area contributed by atoms with Gasteiger partial charge < -0.3 is 10.5 Å². The molecular weight excluding hydrogens is 248 g/mol. The fraction of sp³-hybridized carbons (Fsp3) is 0.647. The molecule has 2 fully saturated rings. The highest BCUT2D eigenvalue weighted by atomic mass is 16.5. The van der Waals surface area contributed by atoms with Crippen LogP contribution in [0.2, 0.25) is 0 Å². The Morgan fingerprint density at radius 3 is 2.75 bits per heavy atom. The van der Waals surface area contributed by atoms with Crippen LogP contribution in [0.5, 0.6) is 5.75 Å². The summed E-state index contributed by atoms with van der Waals surface area (Å²) in [5, 5.41) is 0. The first-order valence-electron chi connectivity index (χ1n) is 8.02. The van der Waals surface area contributed by atoms with Gasteiger partial charge in [0.1, 0.15) is 12.4 Å². The number of para-hydroxylation sites is 2. The molecule has 0 amide bonds. The third-order valence-corrected chi connectivity index (χ3v) is 4.96. The maximum atomic E-state index is 5.89. The van der Waals surface area contributed by atoms with Crippen molar-refractivity contribution in [1.82, 2.24) is 4.90 Å². The largest absolute Gasteiger partial charge is 0.490 e. The zero-order valence-electron chi connectivity index (χ0n) is 12.3. The zero-order valence-corrected chi connectivity index (χ0v) is 12.3. The van der Waals surface area contributed by atoms with Crippen molar-refractivity contribution in [3.63, 3.8) is 0 Å². The molecule has 2 aliphatic rings. The highest BCUT2D eigenvalue weighted by Gasteiger charge is 2.30. The summed E-state index contributed by atoms with van der Waals surface area (Å²) in [7, 11) is 0. The summed E-state index contributed by atoms with van der Waals surface area (Å²) in [5.41, 5.74) is 6.62. The maximum Gasteiger partial charge on any atom is 0.142 e. The lowest BCUT2D eigenvalue weighted by atomic mass is 9.75. The van der Waals surface area contributed by atoms with Crippen LogP contribution < -0.4 is 10.5 Å². The van der Waals surface area contributed by atoms with Gasteiger partial charge >= 0.3 is 0 Å². The Morgan fingerprint density at radius 2 is 1.90 bits per heavy atom. The van der Waals surface area contributed by atoms with Crippen LogP contribution >= 0.6 is 0 Å². The summed E-state index contributed by atoms with van der Waals surface area (Å²) in [6.07, 6.45) is 7.19. The number of nitrogens with two attached hydrogens (primary N) is 1. The fourth-order valence-corrected chi connectivity index (χ4v) is 3.78. The average Bonchev–Trinajstić information content (AvgIpc) is 2.49. The van der Waals surface area contributed by atoms with Gasteiger partial charge in [-0.05, 0) is 43.4 Å². The lowest BCUT2D eigenvalue weighted by Crippen LogP contribution is -2.43. The van der Waals surface area contributed by atoms with Crippen LogP contribution in [0.1, 0.15) is 32.1 Å². The first-order chi connectivity index (χ1) is 9.83. The third kappa shape index (κ3) is 3.26. The summed E-state index contributed by atoms with van der Waals surface area (Å²) < 4.78 is 5.81. The summed E-state index contributed by atoms with van der Waals surface area (Å²) in [6.45, 7) is 4.29. The highest BCUT2D eigenvalue weighted by Crippen LogP contribution is 2.35. The Hall–Kier alpha value is -1.22. The normalized spacial score (nSPS) is 27.0. The SMILES string of the molecule is Nc1ccccc1OCCN1CCC2CCCCC2C1. The Balaban J connectivity index is 1.44. The second-order valence-corrected chi connectivity index (χ2v) is 6.28. The third-order valence-electron chi connectivity index (χ3n) is 4.96. The van der Waals surface area contributed by atoms with Gasteiger partial charge in [-0.15, -0.1) is 0 Å². The molecule has 0 spiro atoms. The number of hydrogen-bond acceptors (Lipinski definition) is 3. The molecule has 2 N–H and O–H groups in total. The van der Waals surface area contributed by atoms with Crippen LogP contribution in [-0.2, 0) is 0 Å². The molecule has 3 heteroatoms. The Bertz CT molecular complexity index is 435. The van der Waals surface area contributed by atoms with Crippen molar-refractivity contribution in [1.29, 1.82) is 0 Å². The summed E-state index contributed by atoms with van der Waals surface area (Å²) >= 11 is 0. The van der Waals surface area contributed by atoms with E-state index in [4.69, 9.17) is 10.5 Å². The van der Waals surface area contributed by atoms with Gasteiger partial charge in [-0.25, -0.2) is 0 Å². The molecule has 1 saturated heterocycles. The average molecular weight is 274 g/mol. The molecule has 20 heavy (non-hydrogen) atoms. The molecule has 110 valence electrons. The predicted molar refractivity (Wildman–Crippen MR) is 82.9 cm³/mol. The maximum absolute atomic E-state index is 5.89. The zero-order chi connectivity index (χ0) is 13.8. The fourth-order valence-electron chi connectivity index (χ4n) is 3.78. The van der Waals surface area contributed by atoms with Crippen molar-refractivity contribution in [2.24, 2.45) is 11.8 Å². The van der Waals surface area contributed by atoms with E-state index < -0.39 is 0 Å². The number of anilines is 1. The number of rotatable bonds is 4. The van der Waals surface area contributed by atoms with Gasteiger partial charge in [0, 0.05) is 13.1 Å². The van der Waals surface area contributed by atoms with E-state index in [1.807, 2.05) is 24.3 Å². The molecule has 1 aromatic rings. The molecule has 0 radical (unpaired) electrons. The van der Waals surface area contributed by atoms with Crippen LogP contribution in [0, 0.1) is 11.8 Å². The second kappa shape index (κ2) is 6.49. The van der Waals surface area contributed by atoms with E-state index in [0.29, 0.717) is 0 Å². The molecule has 1 saturated carbocycles. The minimum atomic E-state index is 0.735. The molecule has 1 aliphatic carbocycles. The number of piperidine rings is 1. The van der Waals surface area contributed by atoms with Crippen LogP contribution in [-0.4, -0.2) is 31.1 Å². The first kappa shape index (κ1) is 13.7. The molecule has 0 aromatic heterocycles. The quantitative estimate of drug-likeness (QED) is 0.857. The minimum absolute atomic E-state index is 0.735. The lowest BCUT2D eigenvalue weighted by molar-refractivity contribution is 0.0767. The molecule has 2 unspecified atom stereocenters. The van der Waals surface area contributed by atoms with Crippen molar-refractivity contribution in [3.05, 3.63) is 24.3 Å². The van der Waals surface area contributed by atoms with Gasteiger partial charge in [0.2, 0.25) is 0 Å². The first-order valence-corrected chi connectivity index (χ1v) is 8.02. The van der Waals surface area contributed by atoms with Crippen LogP contribution in [0.4, 0.5) is 5.69 Å². The number of benzene rings is 1. The topological polar surface area (TPSA) is 38.5 Å². The number of nitrogen functional groups attached to an aromatic ring is 1. The molecule has 1 heterocycles. The van der Waals surface area contributed by atoms with Crippen LogP contribution in [0.15, 0.2) is 24.3 Å². The Morgan fingerprint density at radius 1 is 1.10 bits per heavy atom. The van der Waals surface area contributed by atoms with Crippen molar-refractivity contribution in [2.45, 2.75) is 32.1 Å². The molecule has 1 aromatic carbocycles. The molecule has 3 rings (SSSR count). The van der Waals surface area contributed by atoms with E-state index in [2.05, 4.69) is 4.90 Å². The van der Waals surface area contributed by atoms with Gasteiger partial charge in [-0.1, -0.05) is 31.4 Å². The van der Waals surface area contributed by atoms with Gasteiger partial charge in [0.05, 0.1) is 5.69 Å². The number of likely N-dealkylation sites (tertiary alicyclic amines) is 1. The van der Waals surface area contributed by atoms with E-state index >= 15 is 0 Å². The van der Waals surface area contributed by atoms with E-state index in [0.717, 1.165) is 36.4 Å². The summed E-state index contributed by atoms with van der Waals surface area (Å²) in [5.74, 6) is 2.77. The van der Waals surface area contributed by atoms with E-state index in [-0.39, 0.29) is 0 Å². The highest BCUT2D eigenvalue weighted by molar-refractivity contribution is 5.51. The summed E-state index contributed by atoms with van der Waals surface area (Å²) in [4.78, 5) is 2.58. The van der Waals surface area contributed by atoms with Gasteiger partial charge in [-0.2, -0.15) is 0 Å². The van der Waals surface area contributed by atoms with E-state index in [1.165, 1.54) is 45.2 Å². The molecule has 0 bridgehead atoms. The van der Waals surface area contributed by atoms with Crippen molar-refractivity contribution >= 4 is 5.69 Å². The van der Waals surface area contributed by atoms with Gasteiger partial charge in [-0.3, -0.25) is 4.90 Å². The molecular formula is C17H26N2O. The van der Waals surface area contributed by atoms with Crippen LogP contribution in [0.25, 0.3) is 0 Å². The van der Waals surface area contributed by atoms with Crippen molar-refractivity contribution in [2.75, 3.05) is 32.0 Å². The Labute approximate surface area is 122 Å². The molecule has 1 aliphatic heterocycles.